The average molecular weight is 462 g/mol. The van der Waals surface area contributed by atoms with Crippen molar-refractivity contribution >= 4 is 17.4 Å². The zero-order chi connectivity index (χ0) is 24.2. The number of furan rings is 1. The topological polar surface area (TPSA) is 89.2 Å². The lowest BCUT2D eigenvalue weighted by atomic mass is 9.98. The van der Waals surface area contributed by atoms with E-state index < -0.39 is 17.7 Å². The number of hydrogen-bond acceptors (Lipinski definition) is 6. The number of amides is 1. The Labute approximate surface area is 198 Å². The Balaban J connectivity index is 1.78. The highest BCUT2D eigenvalue weighted by molar-refractivity contribution is 6.46. The highest BCUT2D eigenvalue weighted by Crippen LogP contribution is 2.41. The Bertz CT molecular complexity index is 1230. The van der Waals surface area contributed by atoms with Gasteiger partial charge in [0.25, 0.3) is 11.7 Å². The summed E-state index contributed by atoms with van der Waals surface area (Å²) >= 11 is 0. The molecule has 1 saturated heterocycles. The number of benzene rings is 2. The van der Waals surface area contributed by atoms with Gasteiger partial charge in [0.05, 0.1) is 32.1 Å². The van der Waals surface area contributed by atoms with E-state index in [4.69, 9.17) is 13.9 Å². The molecule has 0 bridgehead atoms. The minimum Gasteiger partial charge on any atom is -0.507 e. The van der Waals surface area contributed by atoms with Crippen LogP contribution in [0.25, 0.3) is 5.76 Å². The van der Waals surface area contributed by atoms with Crippen molar-refractivity contribution in [1.29, 1.82) is 0 Å². The van der Waals surface area contributed by atoms with Crippen LogP contribution in [0.2, 0.25) is 0 Å². The lowest BCUT2D eigenvalue weighted by molar-refractivity contribution is -0.140. The second kappa shape index (κ2) is 9.87. The second-order valence-electron chi connectivity index (χ2n) is 8.08. The summed E-state index contributed by atoms with van der Waals surface area (Å²) in [6, 6.07) is 15.0. The fourth-order valence-electron chi connectivity index (χ4n) is 4.13. The number of carbonyl (C=O) groups excluding carboxylic acids is 2. The molecule has 2 aromatic carbocycles. The third kappa shape index (κ3) is 4.29. The molecule has 2 heterocycles. The third-order valence-corrected chi connectivity index (χ3v) is 5.80. The molecule has 1 fully saturated rings. The number of aliphatic hydroxyl groups is 1. The number of likely N-dealkylation sites (tertiary alicyclic amines) is 1. The van der Waals surface area contributed by atoms with Crippen LogP contribution in [0.5, 0.6) is 11.5 Å². The van der Waals surface area contributed by atoms with Crippen molar-refractivity contribution in [2.24, 2.45) is 0 Å². The van der Waals surface area contributed by atoms with Gasteiger partial charge in [-0.1, -0.05) is 25.1 Å². The lowest BCUT2D eigenvalue weighted by Crippen LogP contribution is -2.29. The van der Waals surface area contributed by atoms with E-state index in [2.05, 4.69) is 0 Å². The molecule has 3 aromatic rings. The molecule has 0 saturated carbocycles. The van der Waals surface area contributed by atoms with E-state index in [1.54, 1.807) is 43.5 Å². The molecule has 1 N–H and O–H groups in total. The number of aryl methyl sites for hydroxylation is 1. The van der Waals surface area contributed by atoms with Crippen LogP contribution in [0.1, 0.15) is 41.8 Å². The number of Topliss-reactive ketones (excluding diaryl/α,β-unsaturated/α-hetero) is 1. The van der Waals surface area contributed by atoms with Gasteiger partial charge in [-0.2, -0.15) is 0 Å². The number of carbonyl (C=O) groups is 2. The van der Waals surface area contributed by atoms with Crippen molar-refractivity contribution < 1.29 is 28.6 Å². The maximum Gasteiger partial charge on any atom is 0.296 e. The van der Waals surface area contributed by atoms with Crippen LogP contribution >= 0.6 is 0 Å². The van der Waals surface area contributed by atoms with Gasteiger partial charge in [0.2, 0.25) is 0 Å². The predicted molar refractivity (Wildman–Crippen MR) is 127 cm³/mol. The SMILES string of the molecule is CCCOc1ccc(/C(O)=C2/C(=O)C(=O)N(Cc3ccccc3OC)C2c2ccco2)cc1C. The first-order valence-electron chi connectivity index (χ1n) is 11.1. The molecule has 1 aliphatic heterocycles. The van der Waals surface area contributed by atoms with Crippen LogP contribution in [0.4, 0.5) is 0 Å². The maximum atomic E-state index is 13.2. The molecular weight excluding hydrogens is 434 g/mol. The number of aliphatic hydroxyl groups excluding tert-OH is 1. The standard InChI is InChI=1S/C27H27NO6/c1-4-13-33-20-12-11-18(15-17(20)2)25(29)23-24(22-10-7-14-34-22)28(27(31)26(23)30)16-19-8-5-6-9-21(19)32-3/h5-12,14-15,24,29H,4,13,16H2,1-3H3/b25-23-. The largest absolute Gasteiger partial charge is 0.507 e. The van der Waals surface area contributed by atoms with Gasteiger partial charge in [-0.25, -0.2) is 0 Å². The van der Waals surface area contributed by atoms with Gasteiger partial charge < -0.3 is 23.9 Å². The van der Waals surface area contributed by atoms with Crippen molar-refractivity contribution in [3.05, 3.63) is 88.9 Å². The van der Waals surface area contributed by atoms with Crippen molar-refractivity contribution in [3.8, 4) is 11.5 Å². The van der Waals surface area contributed by atoms with Gasteiger partial charge >= 0.3 is 0 Å². The van der Waals surface area contributed by atoms with E-state index >= 15 is 0 Å². The number of ether oxygens (including phenoxy) is 2. The molecule has 7 nitrogen and oxygen atoms in total. The predicted octanol–water partition coefficient (Wildman–Crippen LogP) is 5.01. The zero-order valence-electron chi connectivity index (χ0n) is 19.4. The molecule has 0 spiro atoms. The minimum absolute atomic E-state index is 0.0172. The number of methoxy groups -OCH3 is 1. The van der Waals surface area contributed by atoms with Crippen molar-refractivity contribution in [3.63, 3.8) is 0 Å². The van der Waals surface area contributed by atoms with Crippen LogP contribution in [0.3, 0.4) is 0 Å². The van der Waals surface area contributed by atoms with Crippen molar-refractivity contribution in [1.82, 2.24) is 4.90 Å². The van der Waals surface area contributed by atoms with E-state index in [1.807, 2.05) is 32.0 Å². The molecular formula is C27H27NO6. The molecule has 0 aliphatic carbocycles. The van der Waals surface area contributed by atoms with Gasteiger partial charge in [0.15, 0.2) is 0 Å². The van der Waals surface area contributed by atoms with E-state index in [9.17, 15) is 14.7 Å². The number of hydrogen-bond donors (Lipinski definition) is 1. The monoisotopic (exact) mass is 461 g/mol. The summed E-state index contributed by atoms with van der Waals surface area (Å²) in [7, 11) is 1.55. The van der Waals surface area contributed by atoms with Gasteiger partial charge in [-0.3, -0.25) is 9.59 Å². The summed E-state index contributed by atoms with van der Waals surface area (Å²) in [6.45, 7) is 4.58. The summed E-state index contributed by atoms with van der Waals surface area (Å²) in [5.41, 5.74) is 1.96. The van der Waals surface area contributed by atoms with E-state index in [-0.39, 0.29) is 17.9 Å². The smallest absolute Gasteiger partial charge is 0.296 e. The zero-order valence-corrected chi connectivity index (χ0v) is 19.4. The molecule has 176 valence electrons. The summed E-state index contributed by atoms with van der Waals surface area (Å²) in [5, 5.41) is 11.2. The summed E-state index contributed by atoms with van der Waals surface area (Å²) in [6.07, 6.45) is 2.35. The van der Waals surface area contributed by atoms with Crippen molar-refractivity contribution in [2.45, 2.75) is 32.9 Å². The number of nitrogens with zero attached hydrogens (tertiary/aromatic N) is 1. The lowest BCUT2D eigenvalue weighted by Gasteiger charge is -2.24. The molecule has 7 heteroatoms. The number of ketones is 1. The molecule has 1 amide bonds. The molecule has 4 rings (SSSR count). The molecule has 1 aliphatic rings. The maximum absolute atomic E-state index is 13.2. The molecule has 1 aromatic heterocycles. The first-order chi connectivity index (χ1) is 16.5. The number of para-hydroxylation sites is 1. The quantitative estimate of drug-likeness (QED) is 0.288. The van der Waals surface area contributed by atoms with Crippen LogP contribution in [0, 0.1) is 6.92 Å². The molecule has 1 atom stereocenters. The minimum atomic E-state index is -0.878. The van der Waals surface area contributed by atoms with Crippen LogP contribution in [-0.2, 0) is 16.1 Å². The normalized spacial score (nSPS) is 17.3. The summed E-state index contributed by atoms with van der Waals surface area (Å²) in [5.74, 6) is -0.0487. The third-order valence-electron chi connectivity index (χ3n) is 5.80. The van der Waals surface area contributed by atoms with Gasteiger partial charge in [-0.15, -0.1) is 0 Å². The Morgan fingerprint density at radius 3 is 2.56 bits per heavy atom. The van der Waals surface area contributed by atoms with Gasteiger partial charge in [0, 0.05) is 11.1 Å². The fraction of sp³-hybridized carbons (Fsp3) is 0.259. The highest BCUT2D eigenvalue weighted by atomic mass is 16.5. The first kappa shape index (κ1) is 23.2. The van der Waals surface area contributed by atoms with E-state index in [0.717, 1.165) is 17.5 Å². The Morgan fingerprint density at radius 2 is 1.88 bits per heavy atom. The van der Waals surface area contributed by atoms with Gasteiger partial charge in [-0.05, 0) is 55.3 Å². The summed E-state index contributed by atoms with van der Waals surface area (Å²) in [4.78, 5) is 27.7. The van der Waals surface area contributed by atoms with E-state index in [1.165, 1.54) is 11.2 Å². The van der Waals surface area contributed by atoms with Crippen molar-refractivity contribution in [2.75, 3.05) is 13.7 Å². The Hall–Kier alpha value is -4.00. The fourth-order valence-corrected chi connectivity index (χ4v) is 4.13. The molecule has 34 heavy (non-hydrogen) atoms. The second-order valence-corrected chi connectivity index (χ2v) is 8.08. The number of rotatable bonds is 8. The highest BCUT2D eigenvalue weighted by Gasteiger charge is 2.47. The van der Waals surface area contributed by atoms with E-state index in [0.29, 0.717) is 29.4 Å². The molecule has 0 radical (unpaired) electrons. The first-order valence-corrected chi connectivity index (χ1v) is 11.1. The van der Waals surface area contributed by atoms with Gasteiger partial charge in [0.1, 0.15) is 29.1 Å². The molecule has 1 unspecified atom stereocenters. The van der Waals surface area contributed by atoms with Crippen LogP contribution in [-0.4, -0.2) is 35.4 Å². The Morgan fingerprint density at radius 1 is 1.09 bits per heavy atom. The van der Waals surface area contributed by atoms with Crippen LogP contribution < -0.4 is 9.47 Å². The average Bonchev–Trinajstić information content (AvgIpc) is 3.46. The van der Waals surface area contributed by atoms with Crippen LogP contribution in [0.15, 0.2) is 70.9 Å². The summed E-state index contributed by atoms with van der Waals surface area (Å²) < 4.78 is 16.7. The Kier molecular flexibility index (Phi) is 6.72.